The molecular weight excluding hydrogens is 374 g/mol. The Bertz CT molecular complexity index is 1220. The van der Waals surface area contributed by atoms with Gasteiger partial charge < -0.3 is 10.1 Å². The number of hydrogen-bond acceptors (Lipinski definition) is 5. The molecule has 0 bridgehead atoms. The van der Waals surface area contributed by atoms with Gasteiger partial charge in [0.2, 0.25) is 0 Å². The Kier molecular flexibility index (Phi) is 5.44. The molecule has 0 spiro atoms. The van der Waals surface area contributed by atoms with Crippen LogP contribution in [0.25, 0.3) is 22.0 Å². The highest BCUT2D eigenvalue weighted by Crippen LogP contribution is 2.32. The van der Waals surface area contributed by atoms with E-state index in [1.54, 1.807) is 19.1 Å². The topological polar surface area (TPSA) is 64.1 Å². The molecule has 0 fully saturated rings. The molecule has 4 rings (SSSR count). The molecule has 0 amide bonds. The molecule has 0 aliphatic carbocycles. The minimum absolute atomic E-state index is 0.326. The van der Waals surface area contributed by atoms with Crippen molar-refractivity contribution in [3.63, 3.8) is 0 Å². The van der Waals surface area contributed by atoms with Crippen LogP contribution in [0.4, 0.5) is 11.5 Å². The third-order valence-electron chi connectivity index (χ3n) is 4.99. The van der Waals surface area contributed by atoms with E-state index in [9.17, 15) is 4.79 Å². The molecule has 0 aliphatic heterocycles. The number of esters is 1. The van der Waals surface area contributed by atoms with E-state index in [0.29, 0.717) is 18.0 Å². The highest BCUT2D eigenvalue weighted by Gasteiger charge is 2.13. The number of ether oxygens (including phenoxy) is 1. The standard InChI is InChI=1S/C25H23N3O2/c1-4-30-25(29)19-12-10-18(11-13-19)23-20-7-5-6-8-21(20)24(28-27-23)26-22-14-9-16(2)15-17(22)3/h5-15H,4H2,1-3H3,(H,26,28). The van der Waals surface area contributed by atoms with Gasteiger partial charge in [0.25, 0.3) is 0 Å². The number of fused-ring (bicyclic) bond motifs is 1. The first-order valence-corrected chi connectivity index (χ1v) is 9.94. The fourth-order valence-electron chi connectivity index (χ4n) is 3.47. The van der Waals surface area contributed by atoms with Crippen LogP contribution in [0, 0.1) is 13.8 Å². The number of nitrogens with one attached hydrogen (secondary N) is 1. The monoisotopic (exact) mass is 397 g/mol. The van der Waals surface area contributed by atoms with Gasteiger partial charge >= 0.3 is 5.97 Å². The van der Waals surface area contributed by atoms with Gasteiger partial charge in [0.15, 0.2) is 5.82 Å². The largest absolute Gasteiger partial charge is 0.462 e. The summed E-state index contributed by atoms with van der Waals surface area (Å²) in [5.74, 6) is 0.387. The van der Waals surface area contributed by atoms with Gasteiger partial charge in [-0.2, -0.15) is 0 Å². The van der Waals surface area contributed by atoms with E-state index in [0.717, 1.165) is 33.3 Å². The second-order valence-corrected chi connectivity index (χ2v) is 7.18. The van der Waals surface area contributed by atoms with Gasteiger partial charge in [-0.1, -0.05) is 54.1 Å². The lowest BCUT2D eigenvalue weighted by Gasteiger charge is -2.13. The zero-order valence-corrected chi connectivity index (χ0v) is 17.3. The van der Waals surface area contributed by atoms with Crippen molar-refractivity contribution in [1.29, 1.82) is 0 Å². The van der Waals surface area contributed by atoms with Crippen LogP contribution in [0.2, 0.25) is 0 Å². The molecule has 1 aromatic heterocycles. The van der Waals surface area contributed by atoms with Gasteiger partial charge in [0, 0.05) is 22.0 Å². The van der Waals surface area contributed by atoms with Crippen molar-refractivity contribution in [1.82, 2.24) is 10.2 Å². The quantitative estimate of drug-likeness (QED) is 0.429. The maximum Gasteiger partial charge on any atom is 0.338 e. The highest BCUT2D eigenvalue weighted by molar-refractivity contribution is 6.01. The lowest BCUT2D eigenvalue weighted by molar-refractivity contribution is 0.0526. The number of hydrogen-bond donors (Lipinski definition) is 1. The minimum Gasteiger partial charge on any atom is -0.462 e. The van der Waals surface area contributed by atoms with Gasteiger partial charge in [-0.3, -0.25) is 0 Å². The molecule has 0 aliphatic rings. The van der Waals surface area contributed by atoms with Crippen molar-refractivity contribution in [2.24, 2.45) is 0 Å². The number of aryl methyl sites for hydroxylation is 2. The lowest BCUT2D eigenvalue weighted by Crippen LogP contribution is -2.04. The maximum atomic E-state index is 11.9. The SMILES string of the molecule is CCOC(=O)c1ccc(-c2nnc(Nc3ccc(C)cc3C)c3ccccc23)cc1. The van der Waals surface area contributed by atoms with Crippen LogP contribution in [0.1, 0.15) is 28.4 Å². The number of carbonyl (C=O) groups is 1. The van der Waals surface area contributed by atoms with Crippen LogP contribution in [-0.2, 0) is 4.74 Å². The lowest BCUT2D eigenvalue weighted by atomic mass is 10.0. The van der Waals surface area contributed by atoms with Crippen molar-refractivity contribution >= 4 is 28.2 Å². The van der Waals surface area contributed by atoms with E-state index in [1.807, 2.05) is 36.4 Å². The zero-order chi connectivity index (χ0) is 21.1. The van der Waals surface area contributed by atoms with Crippen molar-refractivity contribution in [3.05, 3.63) is 83.4 Å². The molecular formula is C25H23N3O2. The predicted molar refractivity (Wildman–Crippen MR) is 120 cm³/mol. The molecule has 150 valence electrons. The van der Waals surface area contributed by atoms with Gasteiger partial charge in [-0.25, -0.2) is 4.79 Å². The van der Waals surface area contributed by atoms with E-state index >= 15 is 0 Å². The molecule has 0 saturated heterocycles. The predicted octanol–water partition coefficient (Wildman–Crippen LogP) is 5.83. The van der Waals surface area contributed by atoms with E-state index < -0.39 is 0 Å². The van der Waals surface area contributed by atoms with Gasteiger partial charge in [-0.05, 0) is 44.5 Å². The molecule has 4 aromatic rings. The van der Waals surface area contributed by atoms with Crippen LogP contribution in [-0.4, -0.2) is 22.8 Å². The van der Waals surface area contributed by atoms with Crippen LogP contribution in [0.5, 0.6) is 0 Å². The van der Waals surface area contributed by atoms with Crippen LogP contribution < -0.4 is 5.32 Å². The van der Waals surface area contributed by atoms with Crippen molar-refractivity contribution in [2.45, 2.75) is 20.8 Å². The van der Waals surface area contributed by atoms with Crippen molar-refractivity contribution in [2.75, 3.05) is 11.9 Å². The number of anilines is 2. The Morgan fingerprint density at radius 2 is 1.67 bits per heavy atom. The first-order chi connectivity index (χ1) is 14.6. The Hall–Kier alpha value is -3.73. The molecule has 5 nitrogen and oxygen atoms in total. The van der Waals surface area contributed by atoms with Crippen LogP contribution in [0.15, 0.2) is 66.7 Å². The van der Waals surface area contributed by atoms with Gasteiger partial charge in [-0.15, -0.1) is 10.2 Å². The highest BCUT2D eigenvalue weighted by atomic mass is 16.5. The van der Waals surface area contributed by atoms with Crippen molar-refractivity contribution in [3.8, 4) is 11.3 Å². The number of carbonyl (C=O) groups excluding carboxylic acids is 1. The average Bonchev–Trinajstić information content (AvgIpc) is 2.76. The molecule has 0 radical (unpaired) electrons. The first kappa shape index (κ1) is 19.6. The molecule has 1 heterocycles. The van der Waals surface area contributed by atoms with E-state index in [4.69, 9.17) is 4.74 Å². The number of nitrogens with zero attached hydrogens (tertiary/aromatic N) is 2. The van der Waals surface area contributed by atoms with Crippen molar-refractivity contribution < 1.29 is 9.53 Å². The fraction of sp³-hybridized carbons (Fsp3) is 0.160. The summed E-state index contributed by atoms with van der Waals surface area (Å²) in [5, 5.41) is 14.4. The number of rotatable bonds is 5. The minimum atomic E-state index is -0.326. The third kappa shape index (κ3) is 3.87. The molecule has 5 heteroatoms. The zero-order valence-electron chi connectivity index (χ0n) is 17.3. The Morgan fingerprint density at radius 1 is 0.933 bits per heavy atom. The molecule has 1 N–H and O–H groups in total. The number of aromatic nitrogens is 2. The summed E-state index contributed by atoms with van der Waals surface area (Å²) in [7, 11) is 0. The van der Waals surface area contributed by atoms with E-state index in [-0.39, 0.29) is 5.97 Å². The second-order valence-electron chi connectivity index (χ2n) is 7.18. The number of benzene rings is 3. The molecule has 0 unspecified atom stereocenters. The summed E-state index contributed by atoms with van der Waals surface area (Å²) < 4.78 is 5.06. The van der Waals surface area contributed by atoms with E-state index in [1.165, 1.54) is 5.56 Å². The van der Waals surface area contributed by atoms with E-state index in [2.05, 4.69) is 47.6 Å². The van der Waals surface area contributed by atoms with Gasteiger partial charge in [0.1, 0.15) is 5.69 Å². The molecule has 30 heavy (non-hydrogen) atoms. The molecule has 3 aromatic carbocycles. The summed E-state index contributed by atoms with van der Waals surface area (Å²) in [6.45, 7) is 6.30. The van der Waals surface area contributed by atoms with Crippen LogP contribution >= 0.6 is 0 Å². The van der Waals surface area contributed by atoms with Gasteiger partial charge in [0.05, 0.1) is 12.2 Å². The Balaban J connectivity index is 1.73. The molecule has 0 atom stereocenters. The Morgan fingerprint density at radius 3 is 2.37 bits per heavy atom. The first-order valence-electron chi connectivity index (χ1n) is 9.94. The second kappa shape index (κ2) is 8.33. The third-order valence-corrected chi connectivity index (χ3v) is 4.99. The smallest absolute Gasteiger partial charge is 0.338 e. The summed E-state index contributed by atoms with van der Waals surface area (Å²) in [4.78, 5) is 11.9. The normalized spacial score (nSPS) is 10.8. The maximum absolute atomic E-state index is 11.9. The summed E-state index contributed by atoms with van der Waals surface area (Å²) >= 11 is 0. The summed E-state index contributed by atoms with van der Waals surface area (Å²) in [6.07, 6.45) is 0. The average molecular weight is 397 g/mol. The van der Waals surface area contributed by atoms with Crippen LogP contribution in [0.3, 0.4) is 0 Å². The summed E-state index contributed by atoms with van der Waals surface area (Å²) in [5.41, 5.74) is 5.56. The molecule has 0 saturated carbocycles. The Labute approximate surface area is 175 Å². The summed E-state index contributed by atoms with van der Waals surface area (Å²) in [6, 6.07) is 21.6. The fourth-order valence-corrected chi connectivity index (χ4v) is 3.47.